The summed E-state index contributed by atoms with van der Waals surface area (Å²) in [6, 6.07) is 37.1. The molecule has 0 aliphatic carbocycles. The van der Waals surface area contributed by atoms with E-state index < -0.39 is 5.82 Å². The topological polar surface area (TPSA) is 0 Å². The van der Waals surface area contributed by atoms with Gasteiger partial charge in [-0.3, -0.25) is 0 Å². The van der Waals surface area contributed by atoms with Crippen molar-refractivity contribution in [2.45, 2.75) is 237 Å². The van der Waals surface area contributed by atoms with Crippen molar-refractivity contribution in [2.24, 2.45) is 0 Å². The predicted octanol–water partition coefficient (Wildman–Crippen LogP) is 24.3. The zero-order valence-electron chi connectivity index (χ0n) is 52.3. The van der Waals surface area contributed by atoms with E-state index in [1.807, 2.05) is 85.7 Å². The third-order valence-electron chi connectivity index (χ3n) is 13.8. The first-order chi connectivity index (χ1) is 35.7. The largest absolute Gasteiger partial charge is 0.207 e. The van der Waals surface area contributed by atoms with E-state index in [1.165, 1.54) is 39.9 Å². The van der Waals surface area contributed by atoms with Gasteiger partial charge in [0.25, 0.3) is 0 Å². The highest BCUT2D eigenvalue weighted by Crippen LogP contribution is 2.30. The molecule has 6 aromatic carbocycles. The lowest BCUT2D eigenvalue weighted by Gasteiger charge is -2.14. The van der Waals surface area contributed by atoms with E-state index in [0.717, 1.165) is 27.8 Å². The van der Waals surface area contributed by atoms with Gasteiger partial charge in [-0.2, -0.15) is 0 Å². The van der Waals surface area contributed by atoms with Crippen LogP contribution in [0.1, 0.15) is 304 Å². The maximum Gasteiger partial charge on any atom is 0.133 e. The van der Waals surface area contributed by atoms with Crippen LogP contribution in [-0.4, -0.2) is 0 Å². The molecule has 0 saturated carbocycles. The maximum absolute atomic E-state index is 13.8. The molecule has 77 heavy (non-hydrogen) atoms. The molecule has 0 nitrogen and oxygen atoms in total. The lowest BCUT2D eigenvalue weighted by atomic mass is 9.94. The quantitative estimate of drug-likeness (QED) is 0.107. The summed E-state index contributed by atoms with van der Waals surface area (Å²) in [6.45, 7) is 49.9. The van der Waals surface area contributed by atoms with Crippen LogP contribution in [0.5, 0.6) is 0 Å². The molecule has 0 heterocycles. The second-order valence-corrected chi connectivity index (χ2v) is 24.4. The van der Waals surface area contributed by atoms with Crippen molar-refractivity contribution in [1.82, 2.24) is 0 Å². The Kier molecular flexibility index (Phi) is 31.0. The van der Waals surface area contributed by atoms with E-state index in [4.69, 9.17) is 0 Å². The Labute approximate surface area is 468 Å². The van der Waals surface area contributed by atoms with Gasteiger partial charge in [-0.1, -0.05) is 257 Å². The van der Waals surface area contributed by atoms with E-state index in [2.05, 4.69) is 152 Å². The first-order valence-corrected chi connectivity index (χ1v) is 28.8. The molecule has 0 aliphatic heterocycles. The van der Waals surface area contributed by atoms with Crippen LogP contribution in [0, 0.1) is 29.1 Å². The number of rotatable bonds is 12. The Morgan fingerprint density at radius 2 is 0.519 bits per heavy atom. The molecular formula is C72H103F5. The molecule has 0 atom stereocenters. The fourth-order valence-corrected chi connectivity index (χ4v) is 8.23. The molecule has 6 rings (SSSR count). The van der Waals surface area contributed by atoms with Gasteiger partial charge in [-0.05, 0) is 156 Å². The van der Waals surface area contributed by atoms with Gasteiger partial charge in [0.05, 0.1) is 0 Å². The standard InChI is InChI=1S/C12H16F2.3C12H17F.2C12H18/c1-7(2)9-5-6-10(13)11(8(3)4)12(9)14;1-8(2)10-5-11(9(3)4)7-12(13)6-10;1-8(2)10-5-6-12(13)11(7-10)9(3)4;1-8(2)10-6-5-7-11(9(3)4)12(10)13;1-9(2)11-5-7-12(8-6-11)10(3)4;1-9(2)11-6-5-7-12(8-11)10(3)4/h5-8H,1-4H3;3*5-9H,1-4H3;2*5-10H,1-4H3. The Balaban J connectivity index is 0.000000462. The monoisotopic (exact) mass is 1060 g/mol. The summed E-state index contributed by atoms with van der Waals surface area (Å²) in [5.74, 6) is 3.56. The molecule has 0 saturated heterocycles. The Morgan fingerprint density at radius 3 is 0.857 bits per heavy atom. The average molecular weight is 1060 g/mol. The molecule has 0 N–H and O–H groups in total. The second kappa shape index (κ2) is 34.1. The minimum absolute atomic E-state index is 0.0208. The van der Waals surface area contributed by atoms with Crippen molar-refractivity contribution in [3.05, 3.63) is 211 Å². The summed E-state index contributed by atoms with van der Waals surface area (Å²) in [7, 11) is 0. The minimum Gasteiger partial charge on any atom is -0.207 e. The van der Waals surface area contributed by atoms with Crippen molar-refractivity contribution >= 4 is 0 Å². The molecule has 0 radical (unpaired) electrons. The Hall–Kier alpha value is -5.03. The van der Waals surface area contributed by atoms with Crippen molar-refractivity contribution < 1.29 is 22.0 Å². The maximum atomic E-state index is 13.8. The summed E-state index contributed by atoms with van der Waals surface area (Å²) in [4.78, 5) is 0. The highest BCUT2D eigenvalue weighted by Gasteiger charge is 2.18. The lowest BCUT2D eigenvalue weighted by Crippen LogP contribution is -2.03. The zero-order chi connectivity index (χ0) is 59.2. The summed E-state index contributed by atoms with van der Waals surface area (Å²) >= 11 is 0. The zero-order valence-corrected chi connectivity index (χ0v) is 52.3. The molecule has 0 amide bonds. The van der Waals surface area contributed by atoms with E-state index in [1.54, 1.807) is 32.0 Å². The normalized spacial score (nSPS) is 11.3. The van der Waals surface area contributed by atoms with Crippen LogP contribution in [0.15, 0.2) is 115 Å². The fourth-order valence-electron chi connectivity index (χ4n) is 8.23. The Bertz CT molecular complexity index is 2490. The van der Waals surface area contributed by atoms with Gasteiger partial charge in [-0.25, -0.2) is 22.0 Å². The van der Waals surface area contributed by atoms with E-state index >= 15 is 0 Å². The van der Waals surface area contributed by atoms with E-state index in [9.17, 15) is 22.0 Å². The first-order valence-electron chi connectivity index (χ1n) is 28.8. The second-order valence-electron chi connectivity index (χ2n) is 24.4. The molecule has 426 valence electrons. The molecule has 0 aliphatic rings. The Morgan fingerprint density at radius 1 is 0.221 bits per heavy atom. The van der Waals surface area contributed by atoms with Crippen molar-refractivity contribution in [3.8, 4) is 0 Å². The summed E-state index contributed by atoms with van der Waals surface area (Å²) in [5.41, 5.74) is 12.4. The van der Waals surface area contributed by atoms with Crippen LogP contribution in [0.4, 0.5) is 22.0 Å². The average Bonchev–Trinajstić information content (AvgIpc) is 3.34. The van der Waals surface area contributed by atoms with E-state index in [-0.39, 0.29) is 58.4 Å². The molecule has 0 spiro atoms. The van der Waals surface area contributed by atoms with Crippen LogP contribution in [0.2, 0.25) is 0 Å². The van der Waals surface area contributed by atoms with Gasteiger partial charge in [0, 0.05) is 5.56 Å². The molecule has 0 fully saturated rings. The number of hydrogen-bond donors (Lipinski definition) is 0. The SMILES string of the molecule is CC(C)c1cc(F)cc(C(C)C)c1.CC(C)c1ccc(C(C)C)cc1.CC(C)c1ccc(F)c(C(C)C)c1.CC(C)c1ccc(F)c(C(C)C)c1F.CC(C)c1cccc(C(C)C)c1.CC(C)c1cccc(C(C)C)c1F. The molecule has 6 aromatic rings. The van der Waals surface area contributed by atoms with Crippen molar-refractivity contribution in [3.63, 3.8) is 0 Å². The highest BCUT2D eigenvalue weighted by molar-refractivity contribution is 5.34. The van der Waals surface area contributed by atoms with Gasteiger partial charge < -0.3 is 0 Å². The van der Waals surface area contributed by atoms with Gasteiger partial charge in [0.2, 0.25) is 0 Å². The summed E-state index contributed by atoms with van der Waals surface area (Å²) < 4.78 is 67.3. The summed E-state index contributed by atoms with van der Waals surface area (Å²) in [5, 5.41) is 0. The molecule has 0 unspecified atom stereocenters. The van der Waals surface area contributed by atoms with Gasteiger partial charge in [0.15, 0.2) is 0 Å². The van der Waals surface area contributed by atoms with Gasteiger partial charge in [0.1, 0.15) is 29.1 Å². The molecule has 0 aromatic heterocycles. The molecule has 0 bridgehead atoms. The number of halogens is 5. The smallest absolute Gasteiger partial charge is 0.133 e. The molecular weight excluding hydrogens is 960 g/mol. The predicted molar refractivity (Wildman–Crippen MR) is 328 cm³/mol. The lowest BCUT2D eigenvalue weighted by molar-refractivity contribution is 0.527. The van der Waals surface area contributed by atoms with Gasteiger partial charge in [-0.15, -0.1) is 0 Å². The summed E-state index contributed by atoms with van der Waals surface area (Å²) in [6.07, 6.45) is 0. The first kappa shape index (κ1) is 70.0. The molecule has 5 heteroatoms. The van der Waals surface area contributed by atoms with Crippen molar-refractivity contribution in [1.29, 1.82) is 0 Å². The highest BCUT2D eigenvalue weighted by atomic mass is 19.1. The van der Waals surface area contributed by atoms with Crippen molar-refractivity contribution in [2.75, 3.05) is 0 Å². The van der Waals surface area contributed by atoms with Crippen LogP contribution in [-0.2, 0) is 0 Å². The number of benzene rings is 6. The van der Waals surface area contributed by atoms with Crippen LogP contribution in [0.25, 0.3) is 0 Å². The third kappa shape index (κ3) is 23.9. The fraction of sp³-hybridized carbons (Fsp3) is 0.500. The van der Waals surface area contributed by atoms with Crippen LogP contribution >= 0.6 is 0 Å². The number of hydrogen-bond acceptors (Lipinski definition) is 0. The minimum atomic E-state index is -0.443. The van der Waals surface area contributed by atoms with Gasteiger partial charge >= 0.3 is 0 Å². The third-order valence-corrected chi connectivity index (χ3v) is 13.8. The van der Waals surface area contributed by atoms with Crippen LogP contribution < -0.4 is 0 Å². The van der Waals surface area contributed by atoms with Crippen LogP contribution in [0.3, 0.4) is 0 Å². The van der Waals surface area contributed by atoms with E-state index in [0.29, 0.717) is 47.0 Å².